The highest BCUT2D eigenvalue weighted by molar-refractivity contribution is 6.29. The van der Waals surface area contributed by atoms with Crippen molar-refractivity contribution in [2.45, 2.75) is 6.54 Å². The minimum absolute atomic E-state index is 0.353. The molecule has 62 valence electrons. The second kappa shape index (κ2) is 2.77. The van der Waals surface area contributed by atoms with Crippen LogP contribution in [-0.2, 0) is 6.54 Å². The highest BCUT2D eigenvalue weighted by Crippen LogP contribution is 2.21. The average molecular weight is 183 g/mol. The zero-order valence-corrected chi connectivity index (χ0v) is 7.01. The molecule has 0 saturated heterocycles. The Balaban J connectivity index is 2.66. The molecule has 0 aliphatic carbocycles. The standard InChI is InChI=1S/C8H7ClN2O/c9-7-3-5-1-2-6(4-10)11-8(5)12-7/h1-3H,4,10H2. The van der Waals surface area contributed by atoms with Gasteiger partial charge in [-0.3, -0.25) is 0 Å². The van der Waals surface area contributed by atoms with Crippen LogP contribution in [0.25, 0.3) is 11.1 Å². The Hall–Kier alpha value is -1.06. The third-order valence-corrected chi connectivity index (χ3v) is 1.81. The van der Waals surface area contributed by atoms with Gasteiger partial charge in [0.1, 0.15) is 0 Å². The quantitative estimate of drug-likeness (QED) is 0.734. The lowest BCUT2D eigenvalue weighted by molar-refractivity contribution is 0.603. The van der Waals surface area contributed by atoms with Gasteiger partial charge in [0.25, 0.3) is 0 Å². The highest BCUT2D eigenvalue weighted by Gasteiger charge is 2.02. The third-order valence-electron chi connectivity index (χ3n) is 1.62. The number of hydrogen-bond donors (Lipinski definition) is 1. The Labute approximate surface area is 74.1 Å². The van der Waals surface area contributed by atoms with Gasteiger partial charge >= 0.3 is 0 Å². The Kier molecular flexibility index (Phi) is 1.75. The third kappa shape index (κ3) is 1.17. The summed E-state index contributed by atoms with van der Waals surface area (Å²) in [6, 6.07) is 5.47. The molecule has 0 aromatic carbocycles. The summed E-state index contributed by atoms with van der Waals surface area (Å²) in [5.41, 5.74) is 6.75. The molecule has 0 spiro atoms. The average Bonchev–Trinajstić information content (AvgIpc) is 2.43. The van der Waals surface area contributed by atoms with Gasteiger partial charge < -0.3 is 10.2 Å². The number of fused-ring (bicyclic) bond motifs is 1. The molecule has 0 fully saturated rings. The molecule has 3 nitrogen and oxygen atoms in total. The van der Waals surface area contributed by atoms with Crippen molar-refractivity contribution in [3.8, 4) is 0 Å². The monoisotopic (exact) mass is 182 g/mol. The van der Waals surface area contributed by atoms with E-state index in [9.17, 15) is 0 Å². The predicted molar refractivity (Wildman–Crippen MR) is 46.9 cm³/mol. The molecule has 4 heteroatoms. The lowest BCUT2D eigenvalue weighted by Crippen LogP contribution is -1.98. The van der Waals surface area contributed by atoms with E-state index >= 15 is 0 Å². The van der Waals surface area contributed by atoms with E-state index in [1.807, 2.05) is 12.1 Å². The second-order valence-corrected chi connectivity index (χ2v) is 2.82. The summed E-state index contributed by atoms with van der Waals surface area (Å²) in [7, 11) is 0. The molecule has 0 aliphatic rings. The molecule has 2 aromatic heterocycles. The van der Waals surface area contributed by atoms with Gasteiger partial charge in [0, 0.05) is 18.0 Å². The van der Waals surface area contributed by atoms with Crippen molar-refractivity contribution in [1.29, 1.82) is 0 Å². The molecular weight excluding hydrogens is 176 g/mol. The van der Waals surface area contributed by atoms with E-state index in [1.165, 1.54) is 0 Å². The van der Waals surface area contributed by atoms with Crippen LogP contribution in [0.5, 0.6) is 0 Å². The number of pyridine rings is 1. The molecular formula is C8H7ClN2O. The van der Waals surface area contributed by atoms with Gasteiger partial charge in [0.15, 0.2) is 5.22 Å². The zero-order chi connectivity index (χ0) is 8.55. The minimum atomic E-state index is 0.353. The van der Waals surface area contributed by atoms with E-state index in [-0.39, 0.29) is 0 Å². The van der Waals surface area contributed by atoms with E-state index < -0.39 is 0 Å². The van der Waals surface area contributed by atoms with Crippen LogP contribution in [0.4, 0.5) is 0 Å². The van der Waals surface area contributed by atoms with Crippen molar-refractivity contribution < 1.29 is 4.42 Å². The summed E-state index contributed by atoms with van der Waals surface area (Å²) >= 11 is 5.64. The number of aromatic nitrogens is 1. The van der Waals surface area contributed by atoms with Crippen LogP contribution in [0.1, 0.15) is 5.69 Å². The largest absolute Gasteiger partial charge is 0.426 e. The normalized spacial score (nSPS) is 10.8. The maximum absolute atomic E-state index is 5.64. The number of hydrogen-bond acceptors (Lipinski definition) is 3. The van der Waals surface area contributed by atoms with E-state index in [4.69, 9.17) is 21.8 Å². The smallest absolute Gasteiger partial charge is 0.228 e. The van der Waals surface area contributed by atoms with E-state index in [0.29, 0.717) is 17.5 Å². The first-order valence-corrected chi connectivity index (χ1v) is 3.92. The number of nitrogens with zero attached hydrogens (tertiary/aromatic N) is 1. The maximum atomic E-state index is 5.64. The number of halogens is 1. The molecule has 0 saturated carbocycles. The predicted octanol–water partition coefficient (Wildman–Crippen LogP) is 1.94. The van der Waals surface area contributed by atoms with Gasteiger partial charge in [-0.1, -0.05) is 0 Å². The number of nitrogens with two attached hydrogens (primary N) is 1. The summed E-state index contributed by atoms with van der Waals surface area (Å²) in [6.07, 6.45) is 0. The van der Waals surface area contributed by atoms with Gasteiger partial charge in [-0.05, 0) is 23.7 Å². The molecule has 0 amide bonds. The van der Waals surface area contributed by atoms with Gasteiger partial charge in [-0.15, -0.1) is 0 Å². The maximum Gasteiger partial charge on any atom is 0.228 e. The van der Waals surface area contributed by atoms with Gasteiger partial charge in [-0.2, -0.15) is 0 Å². The zero-order valence-electron chi connectivity index (χ0n) is 6.25. The molecule has 0 atom stereocenters. The van der Waals surface area contributed by atoms with Crippen molar-refractivity contribution in [3.63, 3.8) is 0 Å². The summed E-state index contributed by atoms with van der Waals surface area (Å²) < 4.78 is 5.11. The second-order valence-electron chi connectivity index (χ2n) is 2.45. The van der Waals surface area contributed by atoms with Crippen molar-refractivity contribution in [3.05, 3.63) is 29.1 Å². The fourth-order valence-corrected chi connectivity index (χ4v) is 1.23. The van der Waals surface area contributed by atoms with E-state index in [1.54, 1.807) is 6.07 Å². The van der Waals surface area contributed by atoms with Crippen LogP contribution in [0, 0.1) is 0 Å². The van der Waals surface area contributed by atoms with Crippen molar-refractivity contribution in [2.75, 3.05) is 0 Å². The lowest BCUT2D eigenvalue weighted by atomic mass is 10.3. The molecule has 2 aromatic rings. The fraction of sp³-hybridized carbons (Fsp3) is 0.125. The van der Waals surface area contributed by atoms with Crippen molar-refractivity contribution >= 4 is 22.7 Å². The summed E-state index contributed by atoms with van der Waals surface area (Å²) in [5.74, 6) is 0. The van der Waals surface area contributed by atoms with E-state index in [0.717, 1.165) is 11.1 Å². The van der Waals surface area contributed by atoms with Crippen LogP contribution >= 0.6 is 11.6 Å². The Morgan fingerprint density at radius 3 is 3.08 bits per heavy atom. The van der Waals surface area contributed by atoms with Crippen LogP contribution in [0.15, 0.2) is 22.6 Å². The first-order chi connectivity index (χ1) is 5.79. The van der Waals surface area contributed by atoms with Gasteiger partial charge in [0.2, 0.25) is 5.71 Å². The van der Waals surface area contributed by atoms with Crippen LogP contribution in [0.3, 0.4) is 0 Å². The number of furan rings is 1. The molecule has 0 bridgehead atoms. The summed E-state index contributed by atoms with van der Waals surface area (Å²) in [4.78, 5) is 4.14. The molecule has 2 rings (SSSR count). The Morgan fingerprint density at radius 1 is 1.50 bits per heavy atom. The van der Waals surface area contributed by atoms with Crippen LogP contribution in [0.2, 0.25) is 5.22 Å². The lowest BCUT2D eigenvalue weighted by Gasteiger charge is -1.92. The molecule has 0 radical (unpaired) electrons. The van der Waals surface area contributed by atoms with Gasteiger partial charge in [-0.25, -0.2) is 4.98 Å². The molecule has 2 N–H and O–H groups in total. The summed E-state index contributed by atoms with van der Waals surface area (Å²) in [5, 5.41) is 1.25. The fourth-order valence-electron chi connectivity index (χ4n) is 1.04. The molecule has 0 aliphatic heterocycles. The van der Waals surface area contributed by atoms with Crippen LogP contribution in [-0.4, -0.2) is 4.98 Å². The molecule has 0 unspecified atom stereocenters. The van der Waals surface area contributed by atoms with Crippen molar-refractivity contribution in [1.82, 2.24) is 4.98 Å². The Morgan fingerprint density at radius 2 is 2.33 bits per heavy atom. The van der Waals surface area contributed by atoms with Crippen LogP contribution < -0.4 is 5.73 Å². The SMILES string of the molecule is NCc1ccc2cc(Cl)oc2n1. The van der Waals surface area contributed by atoms with Gasteiger partial charge in [0.05, 0.1) is 5.69 Å². The molecule has 2 heterocycles. The first kappa shape index (κ1) is 7.58. The summed E-state index contributed by atoms with van der Waals surface area (Å²) in [6.45, 7) is 0.411. The Bertz CT molecular complexity index is 410. The minimum Gasteiger partial charge on any atom is -0.426 e. The topological polar surface area (TPSA) is 52.0 Å². The molecule has 12 heavy (non-hydrogen) atoms. The van der Waals surface area contributed by atoms with Crippen molar-refractivity contribution in [2.24, 2.45) is 5.73 Å². The van der Waals surface area contributed by atoms with E-state index in [2.05, 4.69) is 4.98 Å². The highest BCUT2D eigenvalue weighted by atomic mass is 35.5. The first-order valence-electron chi connectivity index (χ1n) is 3.54. The number of rotatable bonds is 1.